The molecule has 54 valence electrons. The maximum atomic E-state index is 6.74. The Balaban J connectivity index is 2.77. The summed E-state index contributed by atoms with van der Waals surface area (Å²) in [5.74, 6) is 0. The predicted octanol–water partition coefficient (Wildman–Crippen LogP) is 3.53. The predicted molar refractivity (Wildman–Crippen MR) is 43.6 cm³/mol. The quantitative estimate of drug-likeness (QED) is 0.378. The molecule has 0 aliphatic rings. The summed E-state index contributed by atoms with van der Waals surface area (Å²) in [6, 6.07) is 0. The summed E-state index contributed by atoms with van der Waals surface area (Å²) in [6.45, 7) is 3.61. The summed E-state index contributed by atoms with van der Waals surface area (Å²) >= 11 is 0. The van der Waals surface area contributed by atoms with E-state index < -0.39 is 0 Å². The first-order valence-electron chi connectivity index (χ1n) is 4.53. The SMILES string of the molecule is [2H]C=CCCCCCCC. The molecule has 0 bridgehead atoms. The van der Waals surface area contributed by atoms with Crippen LogP contribution in [0.4, 0.5) is 0 Å². The maximum absolute atomic E-state index is 6.74. The Hall–Kier alpha value is -0.260. The third-order valence-corrected chi connectivity index (χ3v) is 1.47. The number of unbranched alkanes of at least 4 members (excludes halogenated alkanes) is 5. The molecule has 0 heteroatoms. The highest BCUT2D eigenvalue weighted by atomic mass is 13.9. The molecule has 0 unspecified atom stereocenters. The maximum Gasteiger partial charge on any atom is 0.0534 e. The minimum absolute atomic E-state index is 1.09. The van der Waals surface area contributed by atoms with Crippen molar-refractivity contribution in [2.75, 3.05) is 0 Å². The number of hydrogen-bond donors (Lipinski definition) is 0. The van der Waals surface area contributed by atoms with Gasteiger partial charge in [0.1, 0.15) is 0 Å². The van der Waals surface area contributed by atoms with Crippen LogP contribution in [-0.2, 0) is 0 Å². The summed E-state index contributed by atoms with van der Waals surface area (Å²) in [5.41, 5.74) is 0. The molecule has 0 fully saturated rings. The fourth-order valence-corrected chi connectivity index (χ4v) is 0.866. The lowest BCUT2D eigenvalue weighted by atomic mass is 10.1. The van der Waals surface area contributed by atoms with Crippen molar-refractivity contribution in [1.29, 1.82) is 0 Å². The van der Waals surface area contributed by atoms with Crippen molar-refractivity contribution >= 4 is 0 Å². The molecule has 0 amide bonds. The van der Waals surface area contributed by atoms with E-state index in [9.17, 15) is 0 Å². The first-order chi connectivity index (χ1) is 4.91. The van der Waals surface area contributed by atoms with Gasteiger partial charge >= 0.3 is 0 Å². The van der Waals surface area contributed by atoms with E-state index in [4.69, 9.17) is 1.37 Å². The van der Waals surface area contributed by atoms with Gasteiger partial charge in [-0.05, 0) is 12.8 Å². The summed E-state index contributed by atoms with van der Waals surface area (Å²) in [6.07, 6.45) is 9.65. The lowest BCUT2D eigenvalue weighted by molar-refractivity contribution is 0.638. The molecule has 0 aromatic carbocycles. The lowest BCUT2D eigenvalue weighted by Gasteiger charge is -1.94. The van der Waals surface area contributed by atoms with Crippen molar-refractivity contribution in [1.82, 2.24) is 0 Å². The Morgan fingerprint density at radius 1 is 1.33 bits per heavy atom. The zero-order valence-corrected chi connectivity index (χ0v) is 6.40. The van der Waals surface area contributed by atoms with Crippen molar-refractivity contribution in [2.45, 2.75) is 45.4 Å². The van der Waals surface area contributed by atoms with Crippen LogP contribution in [0.2, 0.25) is 0 Å². The van der Waals surface area contributed by atoms with Crippen molar-refractivity contribution in [3.05, 3.63) is 12.6 Å². The fraction of sp³-hybridized carbons (Fsp3) is 0.778. The third kappa shape index (κ3) is 7.74. The average molecular weight is 127 g/mol. The van der Waals surface area contributed by atoms with E-state index in [0.29, 0.717) is 0 Å². The highest BCUT2D eigenvalue weighted by Gasteiger charge is 1.84. The largest absolute Gasteiger partial charge is 0.103 e. The van der Waals surface area contributed by atoms with E-state index in [1.54, 1.807) is 0 Å². The van der Waals surface area contributed by atoms with Crippen LogP contribution < -0.4 is 0 Å². The van der Waals surface area contributed by atoms with Gasteiger partial charge in [0.25, 0.3) is 0 Å². The highest BCUT2D eigenvalue weighted by molar-refractivity contribution is 4.65. The molecule has 0 nitrogen and oxygen atoms in total. The van der Waals surface area contributed by atoms with Gasteiger partial charge in [-0.3, -0.25) is 0 Å². The van der Waals surface area contributed by atoms with Crippen LogP contribution >= 0.6 is 0 Å². The summed E-state index contributed by atoms with van der Waals surface area (Å²) in [4.78, 5) is 0. The second-order valence-corrected chi connectivity index (χ2v) is 2.44. The van der Waals surface area contributed by atoms with E-state index in [1.807, 2.05) is 6.08 Å². The minimum atomic E-state index is 1.09. The lowest BCUT2D eigenvalue weighted by Crippen LogP contribution is -1.74. The molecular formula is C9H18. The molecular weight excluding hydrogens is 108 g/mol. The minimum Gasteiger partial charge on any atom is -0.103 e. The van der Waals surface area contributed by atoms with Crippen LogP contribution in [0.25, 0.3) is 0 Å². The van der Waals surface area contributed by atoms with Gasteiger partial charge in [0.15, 0.2) is 0 Å². The molecule has 0 N–H and O–H groups in total. The first kappa shape index (κ1) is 6.85. The zero-order chi connectivity index (χ0) is 7.66. The van der Waals surface area contributed by atoms with Crippen molar-refractivity contribution in [2.24, 2.45) is 0 Å². The summed E-state index contributed by atoms with van der Waals surface area (Å²) < 4.78 is 6.74. The number of rotatable bonds is 6. The molecule has 0 aromatic heterocycles. The molecule has 0 rings (SSSR count). The Morgan fingerprint density at radius 3 is 2.78 bits per heavy atom. The van der Waals surface area contributed by atoms with Gasteiger partial charge in [-0.2, -0.15) is 0 Å². The Labute approximate surface area is 60.4 Å². The van der Waals surface area contributed by atoms with E-state index in [0.717, 1.165) is 6.42 Å². The molecule has 0 spiro atoms. The highest BCUT2D eigenvalue weighted by Crippen LogP contribution is 2.04. The molecule has 9 heavy (non-hydrogen) atoms. The van der Waals surface area contributed by atoms with Gasteiger partial charge < -0.3 is 0 Å². The molecule has 0 aliphatic heterocycles. The van der Waals surface area contributed by atoms with Gasteiger partial charge in [-0.1, -0.05) is 38.7 Å². The molecule has 0 aromatic rings. The molecule has 0 aliphatic carbocycles. The van der Waals surface area contributed by atoms with Crippen LogP contribution in [0, 0.1) is 0 Å². The first-order valence-corrected chi connectivity index (χ1v) is 3.95. The van der Waals surface area contributed by atoms with Crippen LogP contribution in [-0.4, -0.2) is 0 Å². The summed E-state index contributed by atoms with van der Waals surface area (Å²) in [5, 5.41) is 0. The van der Waals surface area contributed by atoms with Gasteiger partial charge in [-0.15, -0.1) is 6.55 Å². The monoisotopic (exact) mass is 127 g/mol. The Bertz CT molecular complexity index is 76.8. The molecule has 0 saturated heterocycles. The normalized spacial score (nSPS) is 12.3. The van der Waals surface area contributed by atoms with Gasteiger partial charge in [0.2, 0.25) is 0 Å². The second kappa shape index (κ2) is 7.74. The van der Waals surface area contributed by atoms with Gasteiger partial charge in [0, 0.05) is 0 Å². The standard InChI is InChI=1S/C9H18/c1-3-5-7-9-8-6-4-2/h3H,1,4-9H2,2H3/i1D. The number of allylic oxidation sites excluding steroid dienone is 1. The van der Waals surface area contributed by atoms with Crippen LogP contribution in [0.1, 0.15) is 46.8 Å². The van der Waals surface area contributed by atoms with Crippen LogP contribution in [0.3, 0.4) is 0 Å². The smallest absolute Gasteiger partial charge is 0.0534 e. The Morgan fingerprint density at radius 2 is 2.11 bits per heavy atom. The van der Waals surface area contributed by atoms with Crippen molar-refractivity contribution in [3.8, 4) is 0 Å². The number of hydrogen-bond acceptors (Lipinski definition) is 0. The van der Waals surface area contributed by atoms with E-state index in [1.165, 1.54) is 38.7 Å². The zero-order valence-electron chi connectivity index (χ0n) is 7.40. The van der Waals surface area contributed by atoms with E-state index >= 15 is 0 Å². The molecule has 0 saturated carbocycles. The van der Waals surface area contributed by atoms with Gasteiger partial charge in [-0.25, -0.2) is 0 Å². The Kier molecular flexibility index (Phi) is 5.89. The van der Waals surface area contributed by atoms with Crippen molar-refractivity contribution < 1.29 is 1.37 Å². The van der Waals surface area contributed by atoms with Crippen LogP contribution in [0.15, 0.2) is 12.6 Å². The topological polar surface area (TPSA) is 0 Å². The van der Waals surface area contributed by atoms with Gasteiger partial charge in [0.05, 0.1) is 1.37 Å². The van der Waals surface area contributed by atoms with Crippen molar-refractivity contribution in [3.63, 3.8) is 0 Å². The van der Waals surface area contributed by atoms with E-state index in [2.05, 4.69) is 6.92 Å². The second-order valence-electron chi connectivity index (χ2n) is 2.44. The van der Waals surface area contributed by atoms with Crippen LogP contribution in [0.5, 0.6) is 0 Å². The molecule has 0 atom stereocenters. The fourth-order valence-electron chi connectivity index (χ4n) is 0.866. The molecule has 0 heterocycles. The average Bonchev–Trinajstić information content (AvgIpc) is 1.97. The summed E-state index contributed by atoms with van der Waals surface area (Å²) in [7, 11) is 0. The molecule has 0 radical (unpaired) electrons. The van der Waals surface area contributed by atoms with E-state index in [-0.39, 0.29) is 0 Å². The third-order valence-electron chi connectivity index (χ3n) is 1.47.